The molecule has 0 radical (unpaired) electrons. The Morgan fingerprint density at radius 3 is 2.44 bits per heavy atom. The van der Waals surface area contributed by atoms with Gasteiger partial charge in [-0.15, -0.1) is 0 Å². The average molecular weight is 407 g/mol. The van der Waals surface area contributed by atoms with Crippen LogP contribution in [-0.4, -0.2) is 24.5 Å². The zero-order valence-electron chi connectivity index (χ0n) is 14.0. The molecule has 0 N–H and O–H groups in total. The van der Waals surface area contributed by atoms with Crippen molar-refractivity contribution in [2.75, 3.05) is 11.4 Å². The normalized spacial score (nSPS) is 18.4. The zero-order valence-corrected chi connectivity index (χ0v) is 15.5. The predicted molar refractivity (Wildman–Crippen MR) is 97.5 cm³/mol. The number of rotatable bonds is 6. The van der Waals surface area contributed by atoms with E-state index < -0.39 is 0 Å². The van der Waals surface area contributed by atoms with Gasteiger partial charge in [0.05, 0.1) is 22.8 Å². The summed E-state index contributed by atoms with van der Waals surface area (Å²) < 4.78 is 6.55. The van der Waals surface area contributed by atoms with Crippen LogP contribution in [0, 0.1) is 4.91 Å². The topological polar surface area (TPSA) is 76.0 Å². The first-order valence-electron chi connectivity index (χ1n) is 8.39. The van der Waals surface area contributed by atoms with E-state index in [1.165, 1.54) is 4.90 Å². The third-order valence-corrected chi connectivity index (χ3v) is 5.17. The highest BCUT2D eigenvalue weighted by atomic mass is 79.9. The standard InChI is InChI=1S/C18H19BrN2O4/c1-11(8-9-20-24)25-16-10-12(6-7-15(16)19)21-17(22)13-4-2-3-5-14(13)18(21)23/h6-7,10-11H,2-5,8-9H2,1H3. The number of nitroso groups, excluding NO2 is 1. The Morgan fingerprint density at radius 1 is 1.20 bits per heavy atom. The Hall–Kier alpha value is -2.02. The number of ether oxygens (including phenoxy) is 1. The molecule has 1 aromatic carbocycles. The van der Waals surface area contributed by atoms with Crippen molar-refractivity contribution in [3.63, 3.8) is 0 Å². The molecule has 1 aromatic rings. The van der Waals surface area contributed by atoms with Gasteiger partial charge in [0, 0.05) is 23.6 Å². The van der Waals surface area contributed by atoms with Crippen LogP contribution in [-0.2, 0) is 9.59 Å². The van der Waals surface area contributed by atoms with Crippen molar-refractivity contribution in [2.24, 2.45) is 5.18 Å². The summed E-state index contributed by atoms with van der Waals surface area (Å²) in [4.78, 5) is 36.8. The smallest absolute Gasteiger partial charge is 0.261 e. The van der Waals surface area contributed by atoms with Crippen molar-refractivity contribution in [2.45, 2.75) is 45.1 Å². The van der Waals surface area contributed by atoms with Crippen LogP contribution in [0.4, 0.5) is 5.69 Å². The molecule has 0 aromatic heterocycles. The lowest BCUT2D eigenvalue weighted by Crippen LogP contribution is -2.31. The number of anilines is 1. The van der Waals surface area contributed by atoms with E-state index in [2.05, 4.69) is 21.1 Å². The maximum atomic E-state index is 12.7. The number of hydrogen-bond donors (Lipinski definition) is 0. The van der Waals surface area contributed by atoms with Crippen LogP contribution in [0.5, 0.6) is 5.75 Å². The van der Waals surface area contributed by atoms with Crippen LogP contribution in [0.1, 0.15) is 39.0 Å². The van der Waals surface area contributed by atoms with Crippen molar-refractivity contribution in [1.82, 2.24) is 0 Å². The first-order valence-corrected chi connectivity index (χ1v) is 9.18. The lowest BCUT2D eigenvalue weighted by Gasteiger charge is -2.19. The lowest BCUT2D eigenvalue weighted by atomic mass is 9.93. The average Bonchev–Trinajstić information content (AvgIpc) is 2.87. The molecule has 0 spiro atoms. The molecule has 0 bridgehead atoms. The molecule has 25 heavy (non-hydrogen) atoms. The van der Waals surface area contributed by atoms with E-state index >= 15 is 0 Å². The molecular formula is C18H19BrN2O4. The summed E-state index contributed by atoms with van der Waals surface area (Å²) in [6, 6.07) is 5.17. The van der Waals surface area contributed by atoms with Gasteiger partial charge in [-0.3, -0.25) is 9.59 Å². The van der Waals surface area contributed by atoms with Crippen LogP contribution in [0.2, 0.25) is 0 Å². The summed E-state index contributed by atoms with van der Waals surface area (Å²) in [6.45, 7) is 2.02. The van der Waals surface area contributed by atoms with Crippen LogP contribution in [0.25, 0.3) is 0 Å². The van der Waals surface area contributed by atoms with E-state index in [4.69, 9.17) is 4.74 Å². The van der Waals surface area contributed by atoms with Gasteiger partial charge in [-0.2, -0.15) is 4.91 Å². The monoisotopic (exact) mass is 406 g/mol. The van der Waals surface area contributed by atoms with Crippen molar-refractivity contribution < 1.29 is 14.3 Å². The summed E-state index contributed by atoms with van der Waals surface area (Å²) in [7, 11) is 0. The van der Waals surface area contributed by atoms with Gasteiger partial charge in [0.1, 0.15) is 5.75 Å². The zero-order chi connectivity index (χ0) is 18.0. The van der Waals surface area contributed by atoms with E-state index in [0.29, 0.717) is 41.8 Å². The largest absolute Gasteiger partial charge is 0.489 e. The number of carbonyl (C=O) groups is 2. The molecule has 132 valence electrons. The lowest BCUT2D eigenvalue weighted by molar-refractivity contribution is -0.120. The molecule has 3 rings (SSSR count). The fourth-order valence-electron chi connectivity index (χ4n) is 3.21. The molecule has 2 amide bonds. The number of halogens is 1. The number of amides is 2. The number of imide groups is 1. The molecule has 7 heteroatoms. The Morgan fingerprint density at radius 2 is 1.84 bits per heavy atom. The van der Waals surface area contributed by atoms with Crippen molar-refractivity contribution in [3.05, 3.63) is 38.7 Å². The minimum atomic E-state index is -0.217. The second kappa shape index (κ2) is 7.47. The Labute approximate surface area is 154 Å². The molecular weight excluding hydrogens is 388 g/mol. The van der Waals surface area contributed by atoms with E-state index in [0.717, 1.165) is 17.3 Å². The van der Waals surface area contributed by atoms with E-state index in [1.54, 1.807) is 18.2 Å². The van der Waals surface area contributed by atoms with Crippen molar-refractivity contribution >= 4 is 33.4 Å². The van der Waals surface area contributed by atoms with Gasteiger partial charge in [0.2, 0.25) is 0 Å². The highest BCUT2D eigenvalue weighted by Gasteiger charge is 2.39. The Kier molecular flexibility index (Phi) is 5.32. The van der Waals surface area contributed by atoms with Crippen LogP contribution in [0.3, 0.4) is 0 Å². The number of benzene rings is 1. The Bertz CT molecular complexity index is 731. The number of carbonyl (C=O) groups excluding carboxylic acids is 2. The molecule has 1 unspecified atom stereocenters. The van der Waals surface area contributed by atoms with Gasteiger partial charge in [-0.25, -0.2) is 4.90 Å². The third-order valence-electron chi connectivity index (χ3n) is 4.52. The second-order valence-electron chi connectivity index (χ2n) is 6.29. The third kappa shape index (κ3) is 3.51. The molecule has 6 nitrogen and oxygen atoms in total. The van der Waals surface area contributed by atoms with Crippen LogP contribution < -0.4 is 9.64 Å². The summed E-state index contributed by atoms with van der Waals surface area (Å²) in [5.41, 5.74) is 1.82. The summed E-state index contributed by atoms with van der Waals surface area (Å²) in [6.07, 6.45) is 3.53. The van der Waals surface area contributed by atoms with Crippen molar-refractivity contribution in [1.29, 1.82) is 0 Å². The van der Waals surface area contributed by atoms with Crippen LogP contribution in [0.15, 0.2) is 39.0 Å². The quantitative estimate of drug-likeness (QED) is 0.525. The summed E-state index contributed by atoms with van der Waals surface area (Å²) in [5, 5.41) is 2.84. The van der Waals surface area contributed by atoms with E-state index in [1.807, 2.05) is 6.92 Å². The van der Waals surface area contributed by atoms with Crippen LogP contribution >= 0.6 is 15.9 Å². The molecule has 1 aliphatic carbocycles. The number of hydrogen-bond acceptors (Lipinski definition) is 5. The summed E-state index contributed by atoms with van der Waals surface area (Å²) in [5.74, 6) is 0.0960. The van der Waals surface area contributed by atoms with Gasteiger partial charge in [-0.1, -0.05) is 5.18 Å². The van der Waals surface area contributed by atoms with Gasteiger partial charge in [0.25, 0.3) is 11.8 Å². The highest BCUT2D eigenvalue weighted by molar-refractivity contribution is 9.10. The fourth-order valence-corrected chi connectivity index (χ4v) is 3.55. The van der Waals surface area contributed by atoms with Gasteiger partial charge < -0.3 is 4.74 Å². The van der Waals surface area contributed by atoms with Gasteiger partial charge in [-0.05, 0) is 60.7 Å². The van der Waals surface area contributed by atoms with Gasteiger partial charge in [0.15, 0.2) is 0 Å². The molecule has 0 saturated carbocycles. The highest BCUT2D eigenvalue weighted by Crippen LogP contribution is 2.38. The minimum absolute atomic E-state index is 0.179. The summed E-state index contributed by atoms with van der Waals surface area (Å²) >= 11 is 3.42. The fraction of sp³-hybridized carbons (Fsp3) is 0.444. The molecule has 0 fully saturated rings. The predicted octanol–water partition coefficient (Wildman–Crippen LogP) is 4.12. The minimum Gasteiger partial charge on any atom is -0.489 e. The Balaban J connectivity index is 1.84. The SMILES string of the molecule is CC(CCN=O)Oc1cc(N2C(=O)C3=C(CCCC3)C2=O)ccc1Br. The number of nitrogens with zero attached hydrogens (tertiary/aromatic N) is 2. The molecule has 1 atom stereocenters. The van der Waals surface area contributed by atoms with E-state index in [9.17, 15) is 14.5 Å². The first kappa shape index (κ1) is 17.8. The molecule has 2 aliphatic rings. The second-order valence-corrected chi connectivity index (χ2v) is 7.15. The molecule has 1 aliphatic heterocycles. The maximum Gasteiger partial charge on any atom is 0.261 e. The molecule has 1 heterocycles. The molecule has 0 saturated heterocycles. The van der Waals surface area contributed by atoms with Crippen molar-refractivity contribution in [3.8, 4) is 5.75 Å². The first-order chi connectivity index (χ1) is 12.0. The van der Waals surface area contributed by atoms with Gasteiger partial charge >= 0.3 is 0 Å². The maximum absolute atomic E-state index is 12.7. The van der Waals surface area contributed by atoms with E-state index in [-0.39, 0.29) is 24.5 Å².